The highest BCUT2D eigenvalue weighted by atomic mass is 35.5. The van der Waals surface area contributed by atoms with Crippen LogP contribution < -0.4 is 25.6 Å². The smallest absolute Gasteiger partial charge is 0.273 e. The first-order valence-electron chi connectivity index (χ1n) is 6.88. The lowest BCUT2D eigenvalue weighted by molar-refractivity contribution is 0.0940. The van der Waals surface area contributed by atoms with Crippen LogP contribution in [0.5, 0.6) is 11.5 Å². The zero-order chi connectivity index (χ0) is 17.5. The Hall–Kier alpha value is -2.51. The van der Waals surface area contributed by atoms with Crippen LogP contribution in [-0.2, 0) is 0 Å². The van der Waals surface area contributed by atoms with E-state index < -0.39 is 5.91 Å². The van der Waals surface area contributed by atoms with Gasteiger partial charge in [0.2, 0.25) is 0 Å². The van der Waals surface area contributed by atoms with Gasteiger partial charge >= 0.3 is 0 Å². The minimum absolute atomic E-state index is 0.229. The quantitative estimate of drug-likeness (QED) is 0.571. The number of rotatable bonds is 4. The molecule has 0 spiro atoms. The second-order valence-corrected chi connectivity index (χ2v) is 5.45. The van der Waals surface area contributed by atoms with Gasteiger partial charge < -0.3 is 14.8 Å². The van der Waals surface area contributed by atoms with Gasteiger partial charge in [0, 0.05) is 10.7 Å². The summed E-state index contributed by atoms with van der Waals surface area (Å²) in [7, 11) is 3.01. The van der Waals surface area contributed by atoms with E-state index in [1.54, 1.807) is 42.5 Å². The third kappa shape index (κ3) is 4.74. The second-order valence-electron chi connectivity index (χ2n) is 4.61. The van der Waals surface area contributed by atoms with Crippen molar-refractivity contribution in [3.63, 3.8) is 0 Å². The summed E-state index contributed by atoms with van der Waals surface area (Å²) < 4.78 is 10.3. The molecule has 24 heavy (non-hydrogen) atoms. The van der Waals surface area contributed by atoms with Crippen molar-refractivity contribution < 1.29 is 14.3 Å². The Balaban J connectivity index is 1.97. The fraction of sp³-hybridized carbons (Fsp3) is 0.125. The number of ether oxygens (including phenoxy) is 2. The van der Waals surface area contributed by atoms with E-state index in [0.717, 1.165) is 5.69 Å². The Labute approximate surface area is 150 Å². The molecule has 1 amide bonds. The Morgan fingerprint density at radius 2 is 1.75 bits per heavy atom. The standard InChI is InChI=1S/C16H16ClN3O3S/c1-22-12-7-8-14(23-2)13(9-12)15(21)19-20-16(24)18-11-5-3-10(17)4-6-11/h3-9H,1-2H3,(H,19,21)(H2,18,20,24). The molecule has 2 aromatic carbocycles. The van der Waals surface area contributed by atoms with Crippen LogP contribution >= 0.6 is 23.8 Å². The molecule has 0 saturated carbocycles. The van der Waals surface area contributed by atoms with Gasteiger partial charge in [0.15, 0.2) is 5.11 Å². The van der Waals surface area contributed by atoms with Crippen molar-refractivity contribution in [2.45, 2.75) is 0 Å². The summed E-state index contributed by atoms with van der Waals surface area (Å²) in [6, 6.07) is 11.9. The van der Waals surface area contributed by atoms with E-state index in [1.807, 2.05) is 0 Å². The maximum Gasteiger partial charge on any atom is 0.273 e. The van der Waals surface area contributed by atoms with Crippen LogP contribution in [0.1, 0.15) is 10.4 Å². The monoisotopic (exact) mass is 365 g/mol. The Morgan fingerprint density at radius 3 is 2.38 bits per heavy atom. The van der Waals surface area contributed by atoms with E-state index in [1.165, 1.54) is 14.2 Å². The maximum absolute atomic E-state index is 12.3. The van der Waals surface area contributed by atoms with Crippen molar-refractivity contribution in [2.24, 2.45) is 0 Å². The van der Waals surface area contributed by atoms with Crippen molar-refractivity contribution in [3.8, 4) is 11.5 Å². The molecule has 0 heterocycles. The molecule has 0 atom stereocenters. The van der Waals surface area contributed by atoms with Crippen LogP contribution in [0.4, 0.5) is 5.69 Å². The number of halogens is 1. The van der Waals surface area contributed by atoms with Crippen LogP contribution in [-0.4, -0.2) is 25.2 Å². The molecular formula is C16H16ClN3O3S. The van der Waals surface area contributed by atoms with Crippen LogP contribution in [0.25, 0.3) is 0 Å². The van der Waals surface area contributed by atoms with Crippen molar-refractivity contribution in [3.05, 3.63) is 53.1 Å². The zero-order valence-corrected chi connectivity index (χ0v) is 14.6. The molecule has 0 aromatic heterocycles. The first-order valence-corrected chi connectivity index (χ1v) is 7.67. The number of benzene rings is 2. The molecule has 0 aliphatic heterocycles. The van der Waals surface area contributed by atoms with E-state index in [0.29, 0.717) is 22.1 Å². The fourth-order valence-electron chi connectivity index (χ4n) is 1.87. The van der Waals surface area contributed by atoms with Crippen LogP contribution in [0.3, 0.4) is 0 Å². The summed E-state index contributed by atoms with van der Waals surface area (Å²) in [6.07, 6.45) is 0. The molecule has 3 N–H and O–H groups in total. The predicted octanol–water partition coefficient (Wildman–Crippen LogP) is 2.99. The Kier molecular flexibility index (Phi) is 6.22. The summed E-state index contributed by atoms with van der Waals surface area (Å²) >= 11 is 10.9. The lowest BCUT2D eigenvalue weighted by atomic mass is 10.2. The summed E-state index contributed by atoms with van der Waals surface area (Å²) in [5, 5.41) is 3.77. The number of hydrogen-bond donors (Lipinski definition) is 3. The fourth-order valence-corrected chi connectivity index (χ4v) is 2.16. The van der Waals surface area contributed by atoms with E-state index in [-0.39, 0.29) is 5.11 Å². The SMILES string of the molecule is COc1ccc(OC)c(C(=O)NNC(=S)Nc2ccc(Cl)cc2)c1. The van der Waals surface area contributed by atoms with Gasteiger partial charge in [-0.05, 0) is 54.7 Å². The molecule has 6 nitrogen and oxygen atoms in total. The second kappa shape index (κ2) is 8.37. The number of nitrogens with one attached hydrogen (secondary N) is 3. The average Bonchev–Trinajstić information content (AvgIpc) is 2.61. The molecule has 0 bridgehead atoms. The normalized spacial score (nSPS) is 9.79. The number of hydrogen-bond acceptors (Lipinski definition) is 4. The highest BCUT2D eigenvalue weighted by Gasteiger charge is 2.13. The summed E-state index contributed by atoms with van der Waals surface area (Å²) in [6.45, 7) is 0. The van der Waals surface area contributed by atoms with Gasteiger partial charge in [-0.2, -0.15) is 0 Å². The maximum atomic E-state index is 12.3. The van der Waals surface area contributed by atoms with E-state index in [2.05, 4.69) is 16.2 Å². The lowest BCUT2D eigenvalue weighted by Crippen LogP contribution is -2.43. The van der Waals surface area contributed by atoms with Gasteiger partial charge in [-0.1, -0.05) is 11.6 Å². The number of amides is 1. The molecule has 0 radical (unpaired) electrons. The number of methoxy groups -OCH3 is 2. The lowest BCUT2D eigenvalue weighted by Gasteiger charge is -2.13. The molecule has 0 aliphatic carbocycles. The van der Waals surface area contributed by atoms with Gasteiger partial charge in [0.05, 0.1) is 19.8 Å². The number of hydrazine groups is 1. The van der Waals surface area contributed by atoms with Gasteiger partial charge in [0.25, 0.3) is 5.91 Å². The largest absolute Gasteiger partial charge is 0.497 e. The van der Waals surface area contributed by atoms with Crippen molar-refractivity contribution in [1.29, 1.82) is 0 Å². The van der Waals surface area contributed by atoms with Crippen molar-refractivity contribution >= 4 is 40.5 Å². The Bertz CT molecular complexity index is 738. The third-order valence-electron chi connectivity index (χ3n) is 3.04. The van der Waals surface area contributed by atoms with E-state index >= 15 is 0 Å². The van der Waals surface area contributed by atoms with Crippen LogP contribution in [0.15, 0.2) is 42.5 Å². The van der Waals surface area contributed by atoms with Crippen LogP contribution in [0, 0.1) is 0 Å². The molecule has 0 aliphatic rings. The molecule has 0 unspecified atom stereocenters. The summed E-state index contributed by atoms with van der Waals surface area (Å²) in [5.41, 5.74) is 6.19. The molecule has 8 heteroatoms. The molecule has 2 aromatic rings. The molecular weight excluding hydrogens is 350 g/mol. The highest BCUT2D eigenvalue weighted by molar-refractivity contribution is 7.80. The third-order valence-corrected chi connectivity index (χ3v) is 3.50. The average molecular weight is 366 g/mol. The minimum atomic E-state index is -0.411. The van der Waals surface area contributed by atoms with E-state index in [4.69, 9.17) is 33.3 Å². The van der Waals surface area contributed by atoms with Crippen molar-refractivity contribution in [2.75, 3.05) is 19.5 Å². The highest BCUT2D eigenvalue weighted by Crippen LogP contribution is 2.23. The number of carbonyl (C=O) groups is 1. The van der Waals surface area contributed by atoms with Gasteiger partial charge in [-0.15, -0.1) is 0 Å². The number of thiocarbonyl (C=S) groups is 1. The van der Waals surface area contributed by atoms with Gasteiger partial charge in [-0.25, -0.2) is 0 Å². The topological polar surface area (TPSA) is 71.6 Å². The first kappa shape index (κ1) is 17.8. The van der Waals surface area contributed by atoms with Gasteiger partial charge in [-0.3, -0.25) is 15.6 Å². The molecule has 2 rings (SSSR count). The number of carbonyl (C=O) groups excluding carboxylic acids is 1. The van der Waals surface area contributed by atoms with Crippen molar-refractivity contribution in [1.82, 2.24) is 10.9 Å². The summed E-state index contributed by atoms with van der Waals surface area (Å²) in [4.78, 5) is 12.3. The Morgan fingerprint density at radius 1 is 1.04 bits per heavy atom. The molecule has 0 fully saturated rings. The zero-order valence-electron chi connectivity index (χ0n) is 13.1. The number of anilines is 1. The van der Waals surface area contributed by atoms with Crippen LogP contribution in [0.2, 0.25) is 5.02 Å². The van der Waals surface area contributed by atoms with E-state index in [9.17, 15) is 4.79 Å². The molecule has 0 saturated heterocycles. The molecule has 126 valence electrons. The summed E-state index contributed by atoms with van der Waals surface area (Å²) in [5.74, 6) is 0.556. The first-order chi connectivity index (χ1) is 11.5. The predicted molar refractivity (Wildman–Crippen MR) is 97.8 cm³/mol. The van der Waals surface area contributed by atoms with Gasteiger partial charge in [0.1, 0.15) is 11.5 Å². The minimum Gasteiger partial charge on any atom is -0.497 e.